The van der Waals surface area contributed by atoms with Crippen LogP contribution in [0.15, 0.2) is 51.4 Å². The van der Waals surface area contributed by atoms with Gasteiger partial charge in [0.2, 0.25) is 0 Å². The Morgan fingerprint density at radius 3 is 2.55 bits per heavy atom. The lowest BCUT2D eigenvalue weighted by molar-refractivity contribution is 0.404. The monoisotopic (exact) mass is 397 g/mol. The molecule has 0 saturated heterocycles. The lowest BCUT2D eigenvalue weighted by atomic mass is 9.98. The van der Waals surface area contributed by atoms with E-state index >= 15 is 0 Å². The molecule has 0 heterocycles. The van der Waals surface area contributed by atoms with E-state index in [1.807, 2.05) is 24.3 Å². The second-order valence-electron chi connectivity index (χ2n) is 4.40. The van der Waals surface area contributed by atoms with Crippen LogP contribution in [0.3, 0.4) is 0 Å². The van der Waals surface area contributed by atoms with Crippen molar-refractivity contribution < 1.29 is 4.74 Å². The van der Waals surface area contributed by atoms with Crippen molar-refractivity contribution in [2.24, 2.45) is 0 Å². The second kappa shape index (κ2) is 7.25. The van der Waals surface area contributed by atoms with Crippen LogP contribution >= 0.6 is 31.9 Å². The molecule has 0 aliphatic carbocycles. The minimum atomic E-state index is 0.0861. The van der Waals surface area contributed by atoms with Crippen molar-refractivity contribution >= 4 is 31.9 Å². The Balaban J connectivity index is 2.53. The summed E-state index contributed by atoms with van der Waals surface area (Å²) in [5.74, 6) is 0.894. The van der Waals surface area contributed by atoms with E-state index in [1.165, 1.54) is 5.56 Å². The van der Waals surface area contributed by atoms with Crippen molar-refractivity contribution in [3.8, 4) is 5.75 Å². The molecule has 2 aromatic carbocycles. The van der Waals surface area contributed by atoms with Gasteiger partial charge >= 0.3 is 0 Å². The van der Waals surface area contributed by atoms with Crippen LogP contribution in [-0.2, 0) is 0 Å². The highest BCUT2D eigenvalue weighted by Crippen LogP contribution is 2.35. The molecule has 1 atom stereocenters. The number of rotatable bonds is 5. The van der Waals surface area contributed by atoms with Crippen molar-refractivity contribution in [1.29, 1.82) is 0 Å². The fourth-order valence-corrected chi connectivity index (χ4v) is 3.09. The highest BCUT2D eigenvalue weighted by Gasteiger charge is 2.19. The molecule has 0 saturated carbocycles. The number of hydrogen-bond donors (Lipinski definition) is 1. The summed E-state index contributed by atoms with van der Waals surface area (Å²) in [5, 5.41) is 3.53. The minimum Gasteiger partial charge on any atom is -0.496 e. The molecule has 4 heteroatoms. The molecule has 0 spiro atoms. The quantitative estimate of drug-likeness (QED) is 0.771. The minimum absolute atomic E-state index is 0.0861. The Labute approximate surface area is 136 Å². The SMILES string of the molecule is CCNC(c1cc(Br)ccc1Br)c1ccccc1OC. The Kier molecular flexibility index (Phi) is 5.64. The first-order valence-corrected chi connectivity index (χ1v) is 8.07. The first kappa shape index (κ1) is 15.5. The Morgan fingerprint density at radius 1 is 1.10 bits per heavy atom. The summed E-state index contributed by atoms with van der Waals surface area (Å²) in [6.45, 7) is 2.98. The average molecular weight is 399 g/mol. The van der Waals surface area contributed by atoms with Gasteiger partial charge in [-0.3, -0.25) is 0 Å². The molecule has 0 amide bonds. The molecular weight excluding hydrogens is 382 g/mol. The van der Waals surface area contributed by atoms with E-state index in [0.29, 0.717) is 0 Å². The highest BCUT2D eigenvalue weighted by molar-refractivity contribution is 9.11. The molecule has 0 aliphatic heterocycles. The molecule has 0 aliphatic rings. The molecule has 20 heavy (non-hydrogen) atoms. The average Bonchev–Trinajstić information content (AvgIpc) is 2.47. The van der Waals surface area contributed by atoms with Gasteiger partial charge in [0, 0.05) is 14.5 Å². The maximum atomic E-state index is 5.50. The van der Waals surface area contributed by atoms with E-state index in [-0.39, 0.29) is 6.04 Å². The lowest BCUT2D eigenvalue weighted by Gasteiger charge is -2.22. The Bertz CT molecular complexity index is 586. The summed E-state index contributed by atoms with van der Waals surface area (Å²) < 4.78 is 7.64. The summed E-state index contributed by atoms with van der Waals surface area (Å²) in [6.07, 6.45) is 0. The zero-order chi connectivity index (χ0) is 14.5. The Morgan fingerprint density at radius 2 is 1.85 bits per heavy atom. The smallest absolute Gasteiger partial charge is 0.123 e. The summed E-state index contributed by atoms with van der Waals surface area (Å²) in [6, 6.07) is 14.4. The number of methoxy groups -OCH3 is 1. The standard InChI is InChI=1S/C16H17Br2NO/c1-3-19-16(12-6-4-5-7-15(12)20-2)13-10-11(17)8-9-14(13)18/h4-10,16,19H,3H2,1-2H3. The topological polar surface area (TPSA) is 21.3 Å². The van der Waals surface area contributed by atoms with Crippen molar-refractivity contribution in [3.05, 3.63) is 62.5 Å². The van der Waals surface area contributed by atoms with Gasteiger partial charge in [-0.25, -0.2) is 0 Å². The molecule has 0 fully saturated rings. The van der Waals surface area contributed by atoms with Gasteiger partial charge < -0.3 is 10.1 Å². The number of hydrogen-bond acceptors (Lipinski definition) is 2. The third-order valence-corrected chi connectivity index (χ3v) is 4.34. The largest absolute Gasteiger partial charge is 0.496 e. The molecule has 1 unspecified atom stereocenters. The normalized spacial score (nSPS) is 12.2. The third kappa shape index (κ3) is 3.43. The first-order valence-electron chi connectivity index (χ1n) is 6.48. The van der Waals surface area contributed by atoms with Gasteiger partial charge in [0.25, 0.3) is 0 Å². The van der Waals surface area contributed by atoms with Gasteiger partial charge in [0.05, 0.1) is 13.2 Å². The van der Waals surface area contributed by atoms with Crippen LogP contribution in [0.2, 0.25) is 0 Å². The number of benzene rings is 2. The molecule has 106 valence electrons. The second-order valence-corrected chi connectivity index (χ2v) is 6.17. The zero-order valence-electron chi connectivity index (χ0n) is 11.5. The molecule has 2 rings (SSSR count). The third-order valence-electron chi connectivity index (χ3n) is 3.13. The molecular formula is C16H17Br2NO. The van der Waals surface area contributed by atoms with E-state index in [4.69, 9.17) is 4.74 Å². The maximum Gasteiger partial charge on any atom is 0.123 e. The van der Waals surface area contributed by atoms with Crippen LogP contribution in [0.25, 0.3) is 0 Å². The van der Waals surface area contributed by atoms with Crippen LogP contribution in [0, 0.1) is 0 Å². The van der Waals surface area contributed by atoms with Crippen LogP contribution in [0.5, 0.6) is 5.75 Å². The van der Waals surface area contributed by atoms with E-state index in [0.717, 1.165) is 26.8 Å². The fourth-order valence-electron chi connectivity index (χ4n) is 2.23. The zero-order valence-corrected chi connectivity index (χ0v) is 14.7. The van der Waals surface area contributed by atoms with Crippen molar-refractivity contribution in [3.63, 3.8) is 0 Å². The number of halogens is 2. The molecule has 2 aromatic rings. The summed E-state index contributed by atoms with van der Waals surface area (Å²) in [7, 11) is 1.71. The van der Waals surface area contributed by atoms with Crippen molar-refractivity contribution in [1.82, 2.24) is 5.32 Å². The maximum absolute atomic E-state index is 5.50. The molecule has 0 radical (unpaired) electrons. The molecule has 2 nitrogen and oxygen atoms in total. The van der Waals surface area contributed by atoms with Crippen molar-refractivity contribution in [2.75, 3.05) is 13.7 Å². The predicted octanol–water partition coefficient (Wildman–Crippen LogP) is 4.92. The summed E-state index contributed by atoms with van der Waals surface area (Å²) >= 11 is 7.19. The van der Waals surface area contributed by atoms with E-state index < -0.39 is 0 Å². The van der Waals surface area contributed by atoms with E-state index in [9.17, 15) is 0 Å². The number of ether oxygens (including phenoxy) is 1. The predicted molar refractivity (Wildman–Crippen MR) is 90.4 cm³/mol. The highest BCUT2D eigenvalue weighted by atomic mass is 79.9. The molecule has 0 bridgehead atoms. The molecule has 1 N–H and O–H groups in total. The van der Waals surface area contributed by atoms with Gasteiger partial charge in [0.15, 0.2) is 0 Å². The van der Waals surface area contributed by atoms with Crippen LogP contribution in [0.1, 0.15) is 24.1 Å². The van der Waals surface area contributed by atoms with Gasteiger partial charge in [-0.15, -0.1) is 0 Å². The number of para-hydroxylation sites is 1. The van der Waals surface area contributed by atoms with Gasteiger partial charge in [0.1, 0.15) is 5.75 Å². The Hall–Kier alpha value is -0.840. The van der Waals surface area contributed by atoms with Gasteiger partial charge in [-0.1, -0.05) is 57.0 Å². The van der Waals surface area contributed by atoms with E-state index in [1.54, 1.807) is 7.11 Å². The summed E-state index contributed by atoms with van der Waals surface area (Å²) in [4.78, 5) is 0. The first-order chi connectivity index (χ1) is 9.67. The van der Waals surface area contributed by atoms with Gasteiger partial charge in [-0.05, 0) is 36.4 Å². The van der Waals surface area contributed by atoms with E-state index in [2.05, 4.69) is 62.3 Å². The van der Waals surface area contributed by atoms with Crippen LogP contribution in [0.4, 0.5) is 0 Å². The van der Waals surface area contributed by atoms with Crippen LogP contribution in [-0.4, -0.2) is 13.7 Å². The van der Waals surface area contributed by atoms with Crippen molar-refractivity contribution in [2.45, 2.75) is 13.0 Å². The lowest BCUT2D eigenvalue weighted by Crippen LogP contribution is -2.23. The number of nitrogens with one attached hydrogen (secondary N) is 1. The summed E-state index contributed by atoms with van der Waals surface area (Å²) in [5.41, 5.74) is 2.32. The molecule has 0 aromatic heterocycles. The van der Waals surface area contributed by atoms with Crippen LogP contribution < -0.4 is 10.1 Å². The fraction of sp³-hybridized carbons (Fsp3) is 0.250. The van der Waals surface area contributed by atoms with Gasteiger partial charge in [-0.2, -0.15) is 0 Å².